The summed E-state index contributed by atoms with van der Waals surface area (Å²) in [6, 6.07) is 11.8. The third-order valence-corrected chi connectivity index (χ3v) is 5.63. The molecule has 2 aromatic rings. The van der Waals surface area contributed by atoms with Crippen LogP contribution in [0.1, 0.15) is 51.0 Å². The molecule has 0 bridgehead atoms. The number of allylic oxidation sites excluding steroid dienone is 2. The molecule has 0 amide bonds. The summed E-state index contributed by atoms with van der Waals surface area (Å²) in [5.41, 5.74) is 2.71. The monoisotopic (exact) mass is 372 g/mol. The second kappa shape index (κ2) is 8.73. The Morgan fingerprint density at radius 2 is 1.77 bits per heavy atom. The van der Waals surface area contributed by atoms with E-state index in [0.717, 1.165) is 11.5 Å². The van der Waals surface area contributed by atoms with Crippen LogP contribution in [0.3, 0.4) is 0 Å². The van der Waals surface area contributed by atoms with E-state index in [1.807, 2.05) is 19.1 Å². The van der Waals surface area contributed by atoms with Crippen LogP contribution in [0.2, 0.25) is 5.02 Å². The van der Waals surface area contributed by atoms with Crippen molar-refractivity contribution in [1.29, 1.82) is 0 Å². The minimum absolute atomic E-state index is 0.0516. The SMILES string of the molecule is C/C=C/C1CCC(c2ccc(-c3ccc(OCC)c(Cl)c3F)cc2)CC1. The van der Waals surface area contributed by atoms with Crippen LogP contribution in [0.4, 0.5) is 4.39 Å². The third-order valence-electron chi connectivity index (χ3n) is 5.28. The van der Waals surface area contributed by atoms with Gasteiger partial charge in [-0.05, 0) is 74.6 Å². The van der Waals surface area contributed by atoms with Gasteiger partial charge in [-0.1, -0.05) is 48.0 Å². The van der Waals surface area contributed by atoms with Crippen LogP contribution in [0.5, 0.6) is 5.75 Å². The van der Waals surface area contributed by atoms with E-state index in [2.05, 4.69) is 31.2 Å². The maximum Gasteiger partial charge on any atom is 0.153 e. The smallest absolute Gasteiger partial charge is 0.153 e. The van der Waals surface area contributed by atoms with Gasteiger partial charge in [-0.25, -0.2) is 4.39 Å². The fourth-order valence-corrected chi connectivity index (χ4v) is 4.09. The van der Waals surface area contributed by atoms with Gasteiger partial charge in [-0.15, -0.1) is 0 Å². The van der Waals surface area contributed by atoms with E-state index in [-0.39, 0.29) is 5.02 Å². The zero-order chi connectivity index (χ0) is 18.5. The number of rotatable bonds is 5. The molecule has 1 aliphatic rings. The van der Waals surface area contributed by atoms with Gasteiger partial charge in [0.25, 0.3) is 0 Å². The van der Waals surface area contributed by atoms with Gasteiger partial charge in [0, 0.05) is 5.56 Å². The second-order valence-electron chi connectivity index (χ2n) is 6.93. The molecule has 1 nitrogen and oxygen atoms in total. The first-order valence-electron chi connectivity index (χ1n) is 9.48. The van der Waals surface area contributed by atoms with Crippen LogP contribution in [0, 0.1) is 11.7 Å². The van der Waals surface area contributed by atoms with Crippen molar-refractivity contribution in [2.75, 3.05) is 6.61 Å². The fraction of sp³-hybridized carbons (Fsp3) is 0.391. The van der Waals surface area contributed by atoms with Crippen molar-refractivity contribution >= 4 is 11.6 Å². The summed E-state index contributed by atoms with van der Waals surface area (Å²) < 4.78 is 20.0. The minimum Gasteiger partial charge on any atom is -0.492 e. The van der Waals surface area contributed by atoms with E-state index in [1.54, 1.807) is 12.1 Å². The lowest BCUT2D eigenvalue weighted by Gasteiger charge is -2.27. The topological polar surface area (TPSA) is 9.23 Å². The molecule has 138 valence electrons. The molecule has 2 aromatic carbocycles. The summed E-state index contributed by atoms with van der Waals surface area (Å²) in [6.45, 7) is 4.41. The quantitative estimate of drug-likeness (QED) is 0.497. The molecular weight excluding hydrogens is 347 g/mol. The molecule has 1 saturated carbocycles. The maximum atomic E-state index is 14.6. The molecule has 0 atom stereocenters. The number of hydrogen-bond donors (Lipinski definition) is 0. The first-order chi connectivity index (χ1) is 12.6. The molecule has 0 N–H and O–H groups in total. The van der Waals surface area contributed by atoms with Gasteiger partial charge in [0.05, 0.1) is 6.61 Å². The maximum absolute atomic E-state index is 14.6. The Balaban J connectivity index is 1.75. The molecule has 0 aliphatic heterocycles. The lowest BCUT2D eigenvalue weighted by Crippen LogP contribution is -2.11. The van der Waals surface area contributed by atoms with E-state index in [9.17, 15) is 4.39 Å². The average Bonchev–Trinajstić information content (AvgIpc) is 2.67. The fourth-order valence-electron chi connectivity index (χ4n) is 3.87. The van der Waals surface area contributed by atoms with Crippen molar-refractivity contribution in [1.82, 2.24) is 0 Å². The van der Waals surface area contributed by atoms with Crippen molar-refractivity contribution in [3.05, 3.63) is 65.0 Å². The third kappa shape index (κ3) is 4.12. The molecule has 0 heterocycles. The Hall–Kier alpha value is -1.80. The number of ether oxygens (including phenoxy) is 1. The van der Waals surface area contributed by atoms with Crippen molar-refractivity contribution in [3.8, 4) is 16.9 Å². The Morgan fingerprint density at radius 3 is 2.38 bits per heavy atom. The summed E-state index contributed by atoms with van der Waals surface area (Å²) in [4.78, 5) is 0. The summed E-state index contributed by atoms with van der Waals surface area (Å²) in [5, 5.41) is 0.0516. The Morgan fingerprint density at radius 1 is 1.08 bits per heavy atom. The van der Waals surface area contributed by atoms with Gasteiger partial charge < -0.3 is 4.74 Å². The summed E-state index contributed by atoms with van der Waals surface area (Å²) >= 11 is 6.11. The predicted octanol–water partition coefficient (Wildman–Crippen LogP) is 7.39. The van der Waals surface area contributed by atoms with Crippen molar-refractivity contribution in [2.24, 2.45) is 5.92 Å². The summed E-state index contributed by atoms with van der Waals surface area (Å²) in [6.07, 6.45) is 9.43. The van der Waals surface area contributed by atoms with Gasteiger partial charge in [-0.3, -0.25) is 0 Å². The van der Waals surface area contributed by atoms with Crippen LogP contribution in [-0.2, 0) is 0 Å². The van der Waals surface area contributed by atoms with Crippen molar-refractivity contribution < 1.29 is 9.13 Å². The molecule has 0 aromatic heterocycles. The molecule has 3 rings (SSSR count). The summed E-state index contributed by atoms with van der Waals surface area (Å²) in [5.74, 6) is 1.32. The molecule has 0 unspecified atom stereocenters. The average molecular weight is 373 g/mol. The highest BCUT2D eigenvalue weighted by atomic mass is 35.5. The lowest BCUT2D eigenvalue weighted by molar-refractivity contribution is 0.338. The normalized spacial score (nSPS) is 20.5. The van der Waals surface area contributed by atoms with E-state index in [0.29, 0.717) is 23.8 Å². The largest absolute Gasteiger partial charge is 0.492 e. The highest BCUT2D eigenvalue weighted by Crippen LogP contribution is 2.38. The zero-order valence-electron chi connectivity index (χ0n) is 15.5. The Bertz CT molecular complexity index is 759. The number of benzene rings is 2. The van der Waals surface area contributed by atoms with Crippen molar-refractivity contribution in [3.63, 3.8) is 0 Å². The van der Waals surface area contributed by atoms with Crippen LogP contribution < -0.4 is 4.74 Å². The van der Waals surface area contributed by atoms with Gasteiger partial charge in [0.1, 0.15) is 10.8 Å². The molecule has 0 spiro atoms. The zero-order valence-corrected chi connectivity index (χ0v) is 16.2. The summed E-state index contributed by atoms with van der Waals surface area (Å²) in [7, 11) is 0. The molecule has 0 radical (unpaired) electrons. The van der Waals surface area contributed by atoms with Gasteiger partial charge in [0.2, 0.25) is 0 Å². The van der Waals surface area contributed by atoms with Gasteiger partial charge in [0.15, 0.2) is 5.82 Å². The van der Waals surface area contributed by atoms with E-state index in [1.165, 1.54) is 31.2 Å². The van der Waals surface area contributed by atoms with Crippen LogP contribution in [0.15, 0.2) is 48.6 Å². The number of halogens is 2. The molecular formula is C23H26ClFO. The standard InChI is InChI=1S/C23H26ClFO/c1-3-5-16-6-8-17(9-7-16)18-10-12-19(13-11-18)20-14-15-21(26-4-2)22(24)23(20)25/h3,5,10-17H,4,6-9H2,1-2H3/b5-3+. The van der Waals surface area contributed by atoms with E-state index >= 15 is 0 Å². The highest BCUT2D eigenvalue weighted by molar-refractivity contribution is 6.32. The van der Waals surface area contributed by atoms with Crippen LogP contribution in [-0.4, -0.2) is 6.61 Å². The lowest BCUT2D eigenvalue weighted by atomic mass is 9.78. The molecule has 1 aliphatic carbocycles. The molecule has 1 fully saturated rings. The van der Waals surface area contributed by atoms with E-state index in [4.69, 9.17) is 16.3 Å². The second-order valence-corrected chi connectivity index (χ2v) is 7.31. The van der Waals surface area contributed by atoms with Crippen LogP contribution >= 0.6 is 11.6 Å². The van der Waals surface area contributed by atoms with Gasteiger partial charge >= 0.3 is 0 Å². The van der Waals surface area contributed by atoms with Crippen molar-refractivity contribution in [2.45, 2.75) is 45.4 Å². The molecule has 3 heteroatoms. The first-order valence-corrected chi connectivity index (χ1v) is 9.85. The minimum atomic E-state index is -0.419. The number of hydrogen-bond acceptors (Lipinski definition) is 1. The molecule has 0 saturated heterocycles. The Labute approximate surface area is 160 Å². The first kappa shape index (κ1) is 19.0. The Kier molecular flexibility index (Phi) is 6.37. The van der Waals surface area contributed by atoms with E-state index < -0.39 is 5.82 Å². The molecule has 26 heavy (non-hydrogen) atoms. The predicted molar refractivity (Wildman–Crippen MR) is 108 cm³/mol. The highest BCUT2D eigenvalue weighted by Gasteiger charge is 2.21. The van der Waals surface area contributed by atoms with Crippen LogP contribution in [0.25, 0.3) is 11.1 Å². The van der Waals surface area contributed by atoms with Gasteiger partial charge in [-0.2, -0.15) is 0 Å².